The van der Waals surface area contributed by atoms with Crippen LogP contribution in [-0.4, -0.2) is 62.6 Å². The standard InChI is InChI=1S/C20H20F7N3O4S2/c1-11-10-29(14-4-3-12(21)9-13(14)19(22,23)24)7-8-30(11)36(33,34)16-6-5-15(35-16)18(32,17(31)28-2)20(25,26)27/h3-6,9,11,32H,7-8,10H2,1-2H3,(H,28,31). The van der Waals surface area contributed by atoms with Gasteiger partial charge >= 0.3 is 12.4 Å². The Hall–Kier alpha value is -2.43. The van der Waals surface area contributed by atoms with Gasteiger partial charge in [0.15, 0.2) is 0 Å². The number of alkyl halides is 6. The Balaban J connectivity index is 1.90. The molecule has 1 fully saturated rings. The first kappa shape index (κ1) is 28.1. The molecule has 2 atom stereocenters. The van der Waals surface area contributed by atoms with E-state index in [1.54, 1.807) is 5.32 Å². The number of hydrogen-bond acceptors (Lipinski definition) is 6. The molecule has 7 nitrogen and oxygen atoms in total. The Morgan fingerprint density at radius 2 is 1.75 bits per heavy atom. The third-order valence-electron chi connectivity index (χ3n) is 5.64. The first-order valence-electron chi connectivity index (χ1n) is 10.2. The molecule has 16 heteroatoms. The molecule has 2 aromatic rings. The van der Waals surface area contributed by atoms with Crippen molar-refractivity contribution >= 4 is 33.0 Å². The van der Waals surface area contributed by atoms with Crippen LogP contribution in [0.1, 0.15) is 17.4 Å². The number of carbonyl (C=O) groups is 1. The molecule has 1 amide bonds. The van der Waals surface area contributed by atoms with Crippen molar-refractivity contribution in [3.05, 3.63) is 46.6 Å². The van der Waals surface area contributed by atoms with Crippen LogP contribution < -0.4 is 10.2 Å². The van der Waals surface area contributed by atoms with Gasteiger partial charge in [0.05, 0.1) is 10.4 Å². The van der Waals surface area contributed by atoms with Crippen molar-refractivity contribution in [2.45, 2.75) is 35.1 Å². The molecule has 0 aliphatic carbocycles. The number of sulfonamides is 1. The molecule has 1 aromatic heterocycles. The van der Waals surface area contributed by atoms with Crippen molar-refractivity contribution in [2.24, 2.45) is 0 Å². The van der Waals surface area contributed by atoms with Crippen molar-refractivity contribution in [3.8, 4) is 0 Å². The van der Waals surface area contributed by atoms with Gasteiger partial charge in [0.1, 0.15) is 10.0 Å². The van der Waals surface area contributed by atoms with Gasteiger partial charge in [-0.1, -0.05) is 0 Å². The quantitative estimate of drug-likeness (QED) is 0.546. The number of aliphatic hydroxyl groups is 1. The highest BCUT2D eigenvalue weighted by atomic mass is 32.2. The van der Waals surface area contributed by atoms with Crippen LogP contribution in [0.3, 0.4) is 0 Å². The Labute approximate surface area is 205 Å². The van der Waals surface area contributed by atoms with Crippen LogP contribution in [0.25, 0.3) is 0 Å². The minimum atomic E-state index is -5.46. The van der Waals surface area contributed by atoms with E-state index in [1.807, 2.05) is 0 Å². The van der Waals surface area contributed by atoms with E-state index in [0.717, 1.165) is 29.6 Å². The summed E-state index contributed by atoms with van der Waals surface area (Å²) >= 11 is 0.0531. The molecule has 0 radical (unpaired) electrons. The maximum atomic E-state index is 13.5. The largest absolute Gasteiger partial charge is 0.431 e. The second-order valence-corrected chi connectivity index (χ2v) is 11.2. The van der Waals surface area contributed by atoms with E-state index >= 15 is 0 Å². The molecule has 1 aliphatic heterocycles. The first-order chi connectivity index (χ1) is 16.4. The van der Waals surface area contributed by atoms with Gasteiger partial charge in [-0.05, 0) is 37.3 Å². The average molecular weight is 564 g/mol. The van der Waals surface area contributed by atoms with Crippen LogP contribution >= 0.6 is 11.3 Å². The minimum absolute atomic E-state index is 0.0531. The summed E-state index contributed by atoms with van der Waals surface area (Å²) in [4.78, 5) is 12.1. The zero-order valence-electron chi connectivity index (χ0n) is 18.6. The molecular weight excluding hydrogens is 543 g/mol. The topological polar surface area (TPSA) is 89.9 Å². The monoisotopic (exact) mass is 563 g/mol. The third kappa shape index (κ3) is 4.90. The van der Waals surface area contributed by atoms with E-state index in [0.29, 0.717) is 12.1 Å². The highest BCUT2D eigenvalue weighted by Crippen LogP contribution is 2.44. The lowest BCUT2D eigenvalue weighted by Crippen LogP contribution is -2.54. The van der Waals surface area contributed by atoms with Gasteiger partial charge in [-0.2, -0.15) is 30.6 Å². The Bertz CT molecular complexity index is 1250. The highest BCUT2D eigenvalue weighted by Gasteiger charge is 2.61. The maximum absolute atomic E-state index is 13.5. The van der Waals surface area contributed by atoms with E-state index in [1.165, 1.54) is 11.8 Å². The number of nitrogens with one attached hydrogen (secondary N) is 1. The van der Waals surface area contributed by atoms with E-state index in [9.17, 15) is 49.1 Å². The number of benzene rings is 1. The SMILES string of the molecule is CNC(=O)C(O)(c1ccc(S(=O)(=O)N2CCN(c3ccc(F)cc3C(F)(F)F)CC2C)s1)C(F)(F)F. The molecule has 1 saturated heterocycles. The van der Waals surface area contributed by atoms with E-state index in [4.69, 9.17) is 0 Å². The van der Waals surface area contributed by atoms with Gasteiger partial charge < -0.3 is 15.3 Å². The second-order valence-electron chi connectivity index (χ2n) is 7.98. The molecule has 2 N–H and O–H groups in total. The number of carbonyl (C=O) groups excluding carboxylic acids is 1. The summed E-state index contributed by atoms with van der Waals surface area (Å²) < 4.78 is 121. The normalized spacial score (nSPS) is 19.7. The number of hydrogen-bond donors (Lipinski definition) is 2. The molecule has 0 spiro atoms. The summed E-state index contributed by atoms with van der Waals surface area (Å²) in [6.07, 6.45) is -10.3. The smallest absolute Gasteiger partial charge is 0.368 e. The molecule has 2 unspecified atom stereocenters. The number of nitrogens with zero attached hydrogens (tertiary/aromatic N) is 2. The summed E-state index contributed by atoms with van der Waals surface area (Å²) in [5, 5.41) is 11.8. The number of anilines is 1. The Morgan fingerprint density at radius 1 is 1.11 bits per heavy atom. The summed E-state index contributed by atoms with van der Waals surface area (Å²) in [6.45, 7) is 0.619. The molecular formula is C20H20F7N3O4S2. The molecule has 1 aromatic carbocycles. The summed E-state index contributed by atoms with van der Waals surface area (Å²) in [5.74, 6) is -2.90. The maximum Gasteiger partial charge on any atom is 0.431 e. The predicted molar refractivity (Wildman–Crippen MR) is 115 cm³/mol. The molecule has 0 bridgehead atoms. The van der Waals surface area contributed by atoms with Crippen LogP contribution in [0.5, 0.6) is 0 Å². The van der Waals surface area contributed by atoms with E-state index < -0.39 is 60.4 Å². The summed E-state index contributed by atoms with van der Waals surface area (Å²) in [5.41, 5.74) is -5.55. The van der Waals surface area contributed by atoms with E-state index in [2.05, 4.69) is 0 Å². The van der Waals surface area contributed by atoms with Gasteiger partial charge in [-0.15, -0.1) is 11.3 Å². The lowest BCUT2D eigenvalue weighted by Gasteiger charge is -2.40. The molecule has 3 rings (SSSR count). The van der Waals surface area contributed by atoms with Crippen molar-refractivity contribution in [2.75, 3.05) is 31.6 Å². The fraction of sp³-hybridized carbons (Fsp3) is 0.450. The molecule has 200 valence electrons. The lowest BCUT2D eigenvalue weighted by molar-refractivity contribution is -0.255. The van der Waals surface area contributed by atoms with Gasteiger partial charge in [0.25, 0.3) is 21.5 Å². The molecule has 36 heavy (non-hydrogen) atoms. The Kier molecular flexibility index (Phi) is 7.40. The average Bonchev–Trinajstić information content (AvgIpc) is 3.28. The summed E-state index contributed by atoms with van der Waals surface area (Å²) in [7, 11) is -3.57. The van der Waals surface area contributed by atoms with Gasteiger partial charge in [0, 0.05) is 38.4 Å². The van der Waals surface area contributed by atoms with Crippen LogP contribution in [-0.2, 0) is 26.6 Å². The number of halogens is 7. The predicted octanol–water partition coefficient (Wildman–Crippen LogP) is 3.30. The number of amides is 1. The first-order valence-corrected chi connectivity index (χ1v) is 12.5. The Morgan fingerprint density at radius 3 is 2.28 bits per heavy atom. The molecule has 1 aliphatic rings. The molecule has 0 saturated carbocycles. The van der Waals surface area contributed by atoms with Crippen molar-refractivity contribution in [1.29, 1.82) is 0 Å². The van der Waals surface area contributed by atoms with Gasteiger partial charge in [-0.25, -0.2) is 12.8 Å². The number of likely N-dealkylation sites (N-methyl/N-ethyl adjacent to an activating group) is 1. The zero-order valence-corrected chi connectivity index (χ0v) is 20.2. The van der Waals surface area contributed by atoms with Gasteiger partial charge in [0.2, 0.25) is 0 Å². The number of piperazine rings is 1. The lowest BCUT2D eigenvalue weighted by atomic mass is 10.0. The fourth-order valence-electron chi connectivity index (χ4n) is 3.86. The summed E-state index contributed by atoms with van der Waals surface area (Å²) in [6, 6.07) is 2.69. The highest BCUT2D eigenvalue weighted by molar-refractivity contribution is 7.91. The fourth-order valence-corrected chi connectivity index (χ4v) is 7.01. The van der Waals surface area contributed by atoms with Crippen LogP contribution in [0.15, 0.2) is 34.5 Å². The number of thiophene rings is 1. The van der Waals surface area contributed by atoms with Crippen molar-refractivity contribution in [1.82, 2.24) is 9.62 Å². The van der Waals surface area contributed by atoms with Crippen LogP contribution in [0.4, 0.5) is 36.4 Å². The molecule has 2 heterocycles. The number of rotatable bonds is 5. The van der Waals surface area contributed by atoms with Crippen LogP contribution in [0, 0.1) is 5.82 Å². The van der Waals surface area contributed by atoms with E-state index in [-0.39, 0.29) is 36.7 Å². The third-order valence-corrected chi connectivity index (χ3v) is 9.31. The second kappa shape index (κ2) is 9.46. The minimum Gasteiger partial charge on any atom is -0.368 e. The van der Waals surface area contributed by atoms with Crippen molar-refractivity contribution < 1.29 is 49.1 Å². The van der Waals surface area contributed by atoms with Crippen LogP contribution in [0.2, 0.25) is 0 Å². The zero-order chi connectivity index (χ0) is 27.3. The van der Waals surface area contributed by atoms with Gasteiger partial charge in [-0.3, -0.25) is 4.79 Å². The van der Waals surface area contributed by atoms with Crippen molar-refractivity contribution in [3.63, 3.8) is 0 Å².